The van der Waals surface area contributed by atoms with Crippen LogP contribution in [0.3, 0.4) is 0 Å². The number of nitrogens with zero attached hydrogens (tertiary/aromatic N) is 12. The Morgan fingerprint density at radius 1 is 0.397 bits per heavy atom. The minimum absolute atomic E-state index is 0.0157. The zero-order valence-electron chi connectivity index (χ0n) is 79.0. The molecule has 0 fully saturated rings. The smallest absolute Gasteiger partial charge is 0.323 e. The van der Waals surface area contributed by atoms with E-state index in [1.807, 2.05) is 24.9 Å². The minimum atomic E-state index is -3.82. The number of carboxylic acid groups (broad SMARTS) is 5. The number of fused-ring (bicyclic) bond motifs is 10. The van der Waals surface area contributed by atoms with Gasteiger partial charge in [0.25, 0.3) is 36.0 Å². The van der Waals surface area contributed by atoms with Gasteiger partial charge in [-0.2, -0.15) is 29.9 Å². The lowest BCUT2D eigenvalue weighted by molar-refractivity contribution is -0.138. The summed E-state index contributed by atoms with van der Waals surface area (Å²) in [4.78, 5) is 66.5. The molecule has 146 heavy (non-hydrogen) atoms. The number of aromatic nitrogens is 6. The van der Waals surface area contributed by atoms with Crippen molar-refractivity contribution < 1.29 is 122 Å². The van der Waals surface area contributed by atoms with Crippen molar-refractivity contribution in [2.24, 2.45) is 13.8 Å². The Balaban J connectivity index is 0.000000131. The van der Waals surface area contributed by atoms with Crippen LogP contribution >= 0.6 is 0 Å². The van der Waals surface area contributed by atoms with E-state index >= 15 is 0 Å². The lowest BCUT2D eigenvalue weighted by Crippen LogP contribution is -2.42. The van der Waals surface area contributed by atoms with Crippen molar-refractivity contribution in [1.82, 2.24) is 36.4 Å². The molecule has 34 nitrogen and oxygen atoms in total. The largest absolute Gasteiger partial charge is 0.480 e. The van der Waals surface area contributed by atoms with Crippen molar-refractivity contribution in [3.63, 3.8) is 0 Å². The molecule has 0 saturated heterocycles. The number of aliphatic imine (C=N–C) groups is 1. The van der Waals surface area contributed by atoms with Crippen LogP contribution in [0.4, 0.5) is 53.5 Å². The summed E-state index contributed by atoms with van der Waals surface area (Å²) in [6.45, 7) is 9.45. The van der Waals surface area contributed by atoms with Crippen molar-refractivity contribution in [2.75, 3.05) is 49.1 Å². The highest BCUT2D eigenvalue weighted by Crippen LogP contribution is 2.44. The van der Waals surface area contributed by atoms with Crippen molar-refractivity contribution in [3.05, 3.63) is 295 Å². The Morgan fingerprint density at radius 3 is 1.14 bits per heavy atom. The number of sulfone groups is 1. The van der Waals surface area contributed by atoms with Crippen LogP contribution in [-0.2, 0) is 145 Å². The predicted molar refractivity (Wildman–Crippen MR) is 530 cm³/mol. The highest BCUT2D eigenvalue weighted by molar-refractivity contribution is 7.92. The van der Waals surface area contributed by atoms with Gasteiger partial charge in [0.2, 0.25) is 10.0 Å². The van der Waals surface area contributed by atoms with Gasteiger partial charge in [-0.05, 0) is 269 Å². The molecule has 0 spiro atoms. The first-order chi connectivity index (χ1) is 68.7. The van der Waals surface area contributed by atoms with E-state index in [1.54, 1.807) is 126 Å². The van der Waals surface area contributed by atoms with Crippen LogP contribution in [0.25, 0.3) is 54.5 Å². The molecule has 0 unspecified atom stereocenters. The molecule has 5 aliphatic heterocycles. The number of benzene rings is 9. The van der Waals surface area contributed by atoms with E-state index in [4.69, 9.17) is 0 Å². The van der Waals surface area contributed by atoms with E-state index < -0.39 is 138 Å². The van der Waals surface area contributed by atoms with Crippen LogP contribution in [-0.4, -0.2) is 186 Å². The third kappa shape index (κ3) is 20.6. The maximum absolute atomic E-state index is 14.3. The summed E-state index contributed by atoms with van der Waals surface area (Å²) >= 11 is 0. The molecule has 11 heterocycles. The molecule has 9 aromatic carbocycles. The maximum Gasteiger partial charge on any atom is 0.323 e. The van der Waals surface area contributed by atoms with E-state index in [1.165, 1.54) is 120 Å². The second-order valence-corrected chi connectivity index (χ2v) is 44.7. The summed E-state index contributed by atoms with van der Waals surface area (Å²) in [5.74, 6) is -10.9. The number of aliphatic carboxylic acids is 5. The normalized spacial score (nSPS) is 15.5. The van der Waals surface area contributed by atoms with Crippen molar-refractivity contribution in [3.8, 4) is 0 Å². The van der Waals surface area contributed by atoms with Gasteiger partial charge in [0, 0.05) is 123 Å². The van der Waals surface area contributed by atoms with E-state index in [2.05, 4.69) is 29.4 Å². The van der Waals surface area contributed by atoms with E-state index in [0.29, 0.717) is 114 Å². The molecule has 0 radical (unpaired) electrons. The average Bonchev–Trinajstić information content (AvgIpc) is 1.74. The SMILES string of the molecule is CC1=NS(=O)(=O)c2ccc(Cc3c(C)n(CC(=O)O)c4ccc(F)cc34)cc2N1.Cc1c(Cc2ccc3c(c2)N(C)CN(C)S3(=O)=O)c2cc(F)ccc2n1CC(=O)O.Cc1c(Cc2ccc3c(c2)N=CN(C)S3(=O)=O)c2cc(F)ccc2n1CC(=O)O.Cc1c(Cc2ccc3c(c2)NC=NS3(=O)=O)c2cc(F)ccc2n1CC(=O)O.Cc1c(Cc2ccc3c(n2)C(F)(F)CCS3(=O)=O)c2cc(F)ccc2n1CC(=O)O. The summed E-state index contributed by atoms with van der Waals surface area (Å²) in [6.07, 6.45) is 3.16. The number of carboxylic acids is 5. The number of pyridine rings is 1. The van der Waals surface area contributed by atoms with Gasteiger partial charge in [0.15, 0.2) is 9.84 Å². The zero-order chi connectivity index (χ0) is 106. The Bertz CT molecular complexity index is 8780. The zero-order valence-corrected chi connectivity index (χ0v) is 83.1. The summed E-state index contributed by atoms with van der Waals surface area (Å²) in [5.41, 5.74) is 14.8. The Labute approximate surface area is 830 Å². The number of hydrogen-bond acceptors (Lipinski definition) is 20. The van der Waals surface area contributed by atoms with Crippen molar-refractivity contribution in [1.29, 1.82) is 0 Å². The molecule has 0 aliphatic carbocycles. The first kappa shape index (κ1) is 103. The summed E-state index contributed by atoms with van der Waals surface area (Å²) in [7, 11) is -13.6. The fourth-order valence-electron chi connectivity index (χ4n) is 18.9. The Hall–Kier alpha value is -15.4. The minimum Gasteiger partial charge on any atom is -0.480 e. The van der Waals surface area contributed by atoms with Crippen LogP contribution in [0.1, 0.15) is 103 Å². The summed E-state index contributed by atoms with van der Waals surface area (Å²) < 4.78 is 238. The van der Waals surface area contributed by atoms with Gasteiger partial charge in [-0.3, -0.25) is 28.3 Å². The first-order valence-corrected chi connectivity index (χ1v) is 52.0. The molecular formula is C100H91F7N14O20S5. The summed E-state index contributed by atoms with van der Waals surface area (Å²) in [6, 6.07) is 43.4. The van der Waals surface area contributed by atoms with Crippen LogP contribution < -0.4 is 15.5 Å². The molecule has 7 N–H and O–H groups in total. The Morgan fingerprint density at radius 2 is 0.747 bits per heavy atom. The maximum atomic E-state index is 14.3. The third-order valence-corrected chi connectivity index (χ3v) is 34.0. The quantitative estimate of drug-likeness (QED) is 0.0348. The third-order valence-electron chi connectivity index (χ3n) is 25.9. The molecule has 760 valence electrons. The number of sulfonamides is 4. The highest BCUT2D eigenvalue weighted by atomic mass is 32.2. The number of hydrogen-bond donors (Lipinski definition) is 7. The summed E-state index contributed by atoms with van der Waals surface area (Å²) in [5, 5.41) is 55.0. The lowest BCUT2D eigenvalue weighted by Gasteiger charge is -2.33. The predicted octanol–water partition coefficient (Wildman–Crippen LogP) is 15.5. The number of alkyl halides is 2. The number of carbonyl (C=O) groups is 5. The molecule has 0 bridgehead atoms. The molecule has 15 aromatic rings. The van der Waals surface area contributed by atoms with Crippen LogP contribution in [0.15, 0.2) is 214 Å². The topological polar surface area (TPSA) is 466 Å². The fourth-order valence-corrected chi connectivity index (χ4v) is 24.9. The van der Waals surface area contributed by atoms with Crippen molar-refractivity contribution >= 4 is 176 Å². The van der Waals surface area contributed by atoms with Crippen LogP contribution in [0.2, 0.25) is 0 Å². The lowest BCUT2D eigenvalue weighted by atomic mass is 10.0. The van der Waals surface area contributed by atoms with Gasteiger partial charge >= 0.3 is 29.8 Å². The molecular weight excluding hydrogens is 2010 g/mol. The molecule has 5 aliphatic rings. The molecule has 0 amide bonds. The Kier molecular flexibility index (Phi) is 28.1. The van der Waals surface area contributed by atoms with Gasteiger partial charge in [0.1, 0.15) is 106 Å². The second-order valence-electron chi connectivity index (χ2n) is 35.4. The average molecular weight is 2100 g/mol. The number of nitrogens with one attached hydrogen (secondary N) is 2. The second kappa shape index (κ2) is 39.6. The van der Waals surface area contributed by atoms with E-state index in [0.717, 1.165) is 84.0 Å². The molecule has 0 saturated carbocycles. The van der Waals surface area contributed by atoms with Crippen molar-refractivity contribution in [2.45, 2.75) is 143 Å². The standard InChI is InChI=1S/C21H22FN3O4S.C20H17F3N2O4S.2C20H18FN3O4S.C19H16FN3O4S/c1-13-16(17-10-15(22)5-6-18(17)25(13)11-21(26)27)8-14-4-7-20-19(9-14)23(2)12-24(3)30(20,28)29;1-11-14(15-8-12(21)2-4-16(15)25(11)10-18(26)27)9-13-3-5-17-19(24-13)20(22,23)6-7-30(17,28)29;1-12-15(16-9-14(21)4-5-18(16)24(12)10-20(25)26)7-13-3-6-19-17(8-13)22-11-23(2)29(19,27)28;1-11-15(16-9-14(21)4-5-18(16)24(11)10-20(25)26)7-13-3-6-19-17(8-13)22-12(2)23-29(19,27)28;1-11-14(15-8-13(20)3-4-17(15)23(11)9-19(24)25)6-12-2-5-18-16(7-12)21-10-22-28(18,26)27/h4-7,9-10H,8,11-12H2,1-3H3,(H,26,27);2-5,8H,6-7,9-10H2,1H3,(H,26,27);3-6,8-9,11H,7,10H2,1-2H3,(H,25,26);3-6,8-9H,7,10H2,1-2H3,(H,22,23)(H,25,26);2-5,7-8,10H,6,9H2,1H3,(H,21,22)(H,24,25). The number of anilines is 3. The highest BCUT2D eigenvalue weighted by Gasteiger charge is 2.45. The van der Waals surface area contributed by atoms with Crippen LogP contribution in [0, 0.1) is 63.7 Å². The van der Waals surface area contributed by atoms with E-state index in [9.17, 15) is 122 Å². The van der Waals surface area contributed by atoms with Gasteiger partial charge in [-0.25, -0.2) is 57.2 Å². The monoisotopic (exact) mass is 2100 g/mol. The van der Waals surface area contributed by atoms with Gasteiger partial charge < -0.3 is 63.9 Å². The van der Waals surface area contributed by atoms with Gasteiger partial charge in [-0.1, -0.05) is 24.3 Å². The molecule has 6 aromatic heterocycles. The first-order valence-electron chi connectivity index (χ1n) is 44.6. The molecule has 0 atom stereocenters. The van der Waals surface area contributed by atoms with Gasteiger partial charge in [-0.15, -0.1) is 8.80 Å². The number of rotatable bonds is 20. The van der Waals surface area contributed by atoms with E-state index in [-0.39, 0.29) is 76.9 Å². The van der Waals surface area contributed by atoms with Crippen LogP contribution in [0.5, 0.6) is 0 Å². The molecule has 20 rings (SSSR count). The number of amidine groups is 1. The molecule has 46 heteroatoms. The number of halogens is 7. The van der Waals surface area contributed by atoms with Gasteiger partial charge in [0.05, 0.1) is 40.1 Å². The fraction of sp³-hybridized carbons (Fsp3) is 0.230.